The number of hydrogen-bond donors (Lipinski definition) is 1. The first-order valence-electron chi connectivity index (χ1n) is 6.78. The van der Waals surface area contributed by atoms with Crippen molar-refractivity contribution in [2.75, 3.05) is 0 Å². The lowest BCUT2D eigenvalue weighted by Crippen LogP contribution is -2.52. The second-order valence-corrected chi connectivity index (χ2v) is 5.14. The molecule has 1 aromatic heterocycles. The Kier molecular flexibility index (Phi) is 2.60. The first kappa shape index (κ1) is 12.7. The number of nitrogens with zero attached hydrogens (tertiary/aromatic N) is 5. The van der Waals surface area contributed by atoms with E-state index in [2.05, 4.69) is 26.8 Å². The van der Waals surface area contributed by atoms with Crippen molar-refractivity contribution in [3.63, 3.8) is 0 Å². The van der Waals surface area contributed by atoms with E-state index in [9.17, 15) is 0 Å². The van der Waals surface area contributed by atoms with Gasteiger partial charge in [-0.2, -0.15) is 10.8 Å². The summed E-state index contributed by atoms with van der Waals surface area (Å²) < 4.78 is 1.80. The molecule has 3 aliphatic rings. The molecule has 0 aromatic carbocycles. The molecule has 3 heterocycles. The summed E-state index contributed by atoms with van der Waals surface area (Å²) in [6.07, 6.45) is 14.6. The van der Waals surface area contributed by atoms with Gasteiger partial charge in [-0.25, -0.2) is 4.98 Å². The SMILES string of the molecule is Cn1cncc1C#CC1=NC(C2=CC=C2)=C2C=NC=C[N+]12N. The van der Waals surface area contributed by atoms with Crippen LogP contribution >= 0.6 is 0 Å². The zero-order valence-corrected chi connectivity index (χ0v) is 11.9. The van der Waals surface area contributed by atoms with Gasteiger partial charge in [-0.15, -0.1) is 4.59 Å². The number of rotatable bonds is 1. The van der Waals surface area contributed by atoms with E-state index in [4.69, 9.17) is 5.84 Å². The van der Waals surface area contributed by atoms with Gasteiger partial charge in [-0.05, 0) is 5.92 Å². The molecular weight excluding hydrogens is 276 g/mol. The van der Waals surface area contributed by atoms with E-state index >= 15 is 0 Å². The summed E-state index contributed by atoms with van der Waals surface area (Å²) in [4.78, 5) is 12.9. The zero-order valence-electron chi connectivity index (χ0n) is 11.9. The molecule has 1 aliphatic carbocycles. The Balaban J connectivity index is 1.78. The van der Waals surface area contributed by atoms with Crippen LogP contribution in [0.1, 0.15) is 5.69 Å². The fourth-order valence-electron chi connectivity index (χ4n) is 2.38. The maximum atomic E-state index is 6.49. The van der Waals surface area contributed by atoms with Crippen LogP contribution < -0.4 is 5.84 Å². The van der Waals surface area contributed by atoms with Gasteiger partial charge in [0, 0.05) is 18.5 Å². The monoisotopic (exact) mass is 289 g/mol. The van der Waals surface area contributed by atoms with Gasteiger partial charge in [0.15, 0.2) is 0 Å². The third kappa shape index (κ3) is 1.74. The van der Waals surface area contributed by atoms with Gasteiger partial charge in [0.25, 0.3) is 0 Å². The number of fused-ring (bicyclic) bond motifs is 1. The van der Waals surface area contributed by atoms with Gasteiger partial charge in [-0.3, -0.25) is 4.99 Å². The van der Waals surface area contributed by atoms with E-state index < -0.39 is 0 Å². The van der Waals surface area contributed by atoms with Crippen LogP contribution in [-0.2, 0) is 7.05 Å². The Morgan fingerprint density at radius 3 is 2.86 bits per heavy atom. The molecule has 4 rings (SSSR count). The predicted octanol–water partition coefficient (Wildman–Crippen LogP) is 1.14. The molecule has 2 N–H and O–H groups in total. The molecule has 22 heavy (non-hydrogen) atoms. The Hall–Kier alpha value is -3.01. The molecule has 106 valence electrons. The fraction of sp³-hybridized carbons (Fsp3) is 0.0625. The average Bonchev–Trinajstić information content (AvgIpc) is 2.97. The normalized spacial score (nSPS) is 24.5. The molecule has 6 heteroatoms. The molecule has 1 aromatic rings. The van der Waals surface area contributed by atoms with Gasteiger partial charge < -0.3 is 4.57 Å². The summed E-state index contributed by atoms with van der Waals surface area (Å²) in [5, 5.41) is 0. The number of amidine groups is 1. The van der Waals surface area contributed by atoms with Gasteiger partial charge >= 0.3 is 5.84 Å². The fourth-order valence-corrected chi connectivity index (χ4v) is 2.38. The van der Waals surface area contributed by atoms with Crippen LogP contribution in [-0.4, -0.2) is 26.2 Å². The molecule has 0 saturated heterocycles. The Labute approximate surface area is 127 Å². The van der Waals surface area contributed by atoms with Crippen LogP contribution in [0.25, 0.3) is 0 Å². The third-order valence-corrected chi connectivity index (χ3v) is 3.74. The molecule has 1 atom stereocenters. The second kappa shape index (κ2) is 4.49. The topological polar surface area (TPSA) is 68.6 Å². The minimum absolute atomic E-state index is 0.0468. The number of aromatic nitrogens is 2. The molecular formula is C16H13N6+. The number of aliphatic imine (C=N–C) groups is 2. The minimum atomic E-state index is -0.0468. The van der Waals surface area contributed by atoms with Crippen LogP contribution in [0, 0.1) is 11.8 Å². The maximum absolute atomic E-state index is 6.49. The first-order chi connectivity index (χ1) is 10.7. The lowest BCUT2D eigenvalue weighted by molar-refractivity contribution is -0.749. The van der Waals surface area contributed by atoms with E-state index in [0.717, 1.165) is 22.7 Å². The molecule has 0 amide bonds. The van der Waals surface area contributed by atoms with Crippen molar-refractivity contribution in [1.82, 2.24) is 9.55 Å². The highest BCUT2D eigenvalue weighted by Crippen LogP contribution is 2.33. The largest absolute Gasteiger partial charge is 0.327 e. The first-order valence-corrected chi connectivity index (χ1v) is 6.78. The van der Waals surface area contributed by atoms with E-state index in [1.54, 1.807) is 31.1 Å². The van der Waals surface area contributed by atoms with E-state index in [-0.39, 0.29) is 4.59 Å². The van der Waals surface area contributed by atoms with Crippen molar-refractivity contribution < 1.29 is 4.59 Å². The molecule has 6 nitrogen and oxygen atoms in total. The Morgan fingerprint density at radius 2 is 2.18 bits per heavy atom. The smallest absolute Gasteiger partial charge is 0.311 e. The molecule has 1 unspecified atom stereocenters. The summed E-state index contributed by atoms with van der Waals surface area (Å²) in [5.74, 6) is 13.2. The highest BCUT2D eigenvalue weighted by molar-refractivity contribution is 6.01. The number of allylic oxidation sites excluding steroid dienone is 4. The van der Waals surface area contributed by atoms with Gasteiger partial charge in [0.2, 0.25) is 5.70 Å². The van der Waals surface area contributed by atoms with Crippen LogP contribution in [0.2, 0.25) is 0 Å². The van der Waals surface area contributed by atoms with E-state index in [1.807, 2.05) is 29.8 Å². The molecule has 0 fully saturated rings. The van der Waals surface area contributed by atoms with Crippen molar-refractivity contribution in [3.05, 3.63) is 65.8 Å². The molecule has 0 saturated carbocycles. The Bertz CT molecular complexity index is 910. The maximum Gasteiger partial charge on any atom is 0.311 e. The predicted molar refractivity (Wildman–Crippen MR) is 83.8 cm³/mol. The lowest BCUT2D eigenvalue weighted by Gasteiger charge is -2.23. The molecule has 0 bridgehead atoms. The van der Waals surface area contributed by atoms with Crippen molar-refractivity contribution in [3.8, 4) is 11.8 Å². The standard InChI is InChI=1S/C16H13N6/c1-21-11-19-9-13(21)5-6-15-20-16(12-3-2-4-12)14-10-18-7-8-22(14,15)17/h2-4,7-11H,17H2,1H3/q+1. The summed E-state index contributed by atoms with van der Waals surface area (Å²) in [7, 11) is 1.90. The van der Waals surface area contributed by atoms with Crippen LogP contribution in [0.5, 0.6) is 0 Å². The van der Waals surface area contributed by atoms with Gasteiger partial charge in [0.1, 0.15) is 17.6 Å². The quantitative estimate of drug-likeness (QED) is 0.478. The van der Waals surface area contributed by atoms with Crippen molar-refractivity contribution in [2.24, 2.45) is 22.9 Å². The van der Waals surface area contributed by atoms with Crippen molar-refractivity contribution in [1.29, 1.82) is 0 Å². The van der Waals surface area contributed by atoms with Crippen molar-refractivity contribution >= 4 is 12.1 Å². The highest BCUT2D eigenvalue weighted by atomic mass is 15.6. The number of imidazole rings is 1. The zero-order chi connectivity index (χ0) is 15.2. The summed E-state index contributed by atoms with van der Waals surface area (Å²) in [6, 6.07) is 0. The molecule has 2 aliphatic heterocycles. The van der Waals surface area contributed by atoms with Crippen molar-refractivity contribution in [2.45, 2.75) is 0 Å². The number of quaternary nitrogens is 1. The molecule has 0 radical (unpaired) electrons. The lowest BCUT2D eigenvalue weighted by atomic mass is 10.0. The third-order valence-electron chi connectivity index (χ3n) is 3.74. The Morgan fingerprint density at radius 1 is 1.32 bits per heavy atom. The summed E-state index contributed by atoms with van der Waals surface area (Å²) >= 11 is 0. The number of aryl methyl sites for hydroxylation is 1. The van der Waals surface area contributed by atoms with Gasteiger partial charge in [0.05, 0.1) is 24.9 Å². The van der Waals surface area contributed by atoms with Crippen LogP contribution in [0.4, 0.5) is 0 Å². The summed E-state index contributed by atoms with van der Waals surface area (Å²) in [5.41, 5.74) is 3.50. The van der Waals surface area contributed by atoms with E-state index in [0.29, 0.717) is 5.84 Å². The van der Waals surface area contributed by atoms with Crippen LogP contribution in [0.15, 0.2) is 70.1 Å². The second-order valence-electron chi connectivity index (χ2n) is 5.14. The average molecular weight is 289 g/mol. The van der Waals surface area contributed by atoms with Gasteiger partial charge in [-0.1, -0.05) is 18.2 Å². The number of nitrogens with two attached hydrogens (primary N) is 1. The highest BCUT2D eigenvalue weighted by Gasteiger charge is 2.43. The number of hydrogen-bond acceptors (Lipinski definition) is 4. The van der Waals surface area contributed by atoms with E-state index in [1.165, 1.54) is 0 Å². The minimum Gasteiger partial charge on any atom is -0.327 e. The summed E-state index contributed by atoms with van der Waals surface area (Å²) in [6.45, 7) is 0. The molecule has 0 spiro atoms. The van der Waals surface area contributed by atoms with Crippen LogP contribution in [0.3, 0.4) is 0 Å².